The van der Waals surface area contributed by atoms with Crippen LogP contribution in [0.3, 0.4) is 0 Å². The van der Waals surface area contributed by atoms with Crippen molar-refractivity contribution >= 4 is 17.5 Å². The molecule has 1 aromatic rings. The molecule has 2 saturated heterocycles. The van der Waals surface area contributed by atoms with E-state index >= 15 is 0 Å². The second-order valence-electron chi connectivity index (χ2n) is 4.65. The maximum absolute atomic E-state index is 12.3. The average Bonchev–Trinajstić information content (AvgIpc) is 2.85. The number of amides is 1. The van der Waals surface area contributed by atoms with Gasteiger partial charge in [0, 0.05) is 23.7 Å². The van der Waals surface area contributed by atoms with Crippen LogP contribution in [0.25, 0.3) is 0 Å². The summed E-state index contributed by atoms with van der Waals surface area (Å²) >= 11 is 6.18. The highest BCUT2D eigenvalue weighted by Crippen LogP contribution is 2.38. The van der Waals surface area contributed by atoms with Crippen LogP contribution >= 0.6 is 11.6 Å². The van der Waals surface area contributed by atoms with E-state index < -0.39 is 0 Å². The van der Waals surface area contributed by atoms with Crippen molar-refractivity contribution < 1.29 is 4.79 Å². The first-order valence-electron chi connectivity index (χ1n) is 5.71. The Morgan fingerprint density at radius 2 is 2.12 bits per heavy atom. The van der Waals surface area contributed by atoms with E-state index in [4.69, 9.17) is 11.6 Å². The van der Waals surface area contributed by atoms with E-state index in [2.05, 4.69) is 10.2 Å². The monoisotopic (exact) mass is 239 g/mol. The van der Waals surface area contributed by atoms with E-state index in [0.717, 1.165) is 25.7 Å². The molecule has 2 aliphatic rings. The molecule has 5 heteroatoms. The topological polar surface area (TPSA) is 49.0 Å². The van der Waals surface area contributed by atoms with E-state index in [-0.39, 0.29) is 11.3 Å². The van der Waals surface area contributed by atoms with Crippen LogP contribution in [0.4, 0.5) is 0 Å². The molecule has 0 aromatic carbocycles. The molecule has 0 aliphatic carbocycles. The molecule has 1 N–H and O–H groups in total. The largest absolute Gasteiger partial charge is 0.332 e. The number of rotatable bonds is 1. The fraction of sp³-hybridized carbons (Fsp3) is 0.636. The number of carbonyl (C=O) groups excluding carboxylic acids is 1. The average molecular weight is 240 g/mol. The van der Waals surface area contributed by atoms with Gasteiger partial charge in [0.1, 0.15) is 0 Å². The van der Waals surface area contributed by atoms with Crippen LogP contribution in [0.5, 0.6) is 0 Å². The number of aromatic amines is 1. The number of aromatic nitrogens is 2. The number of H-pyrrole nitrogens is 1. The number of carbonyl (C=O) groups is 1. The highest BCUT2D eigenvalue weighted by Gasteiger charge is 2.42. The van der Waals surface area contributed by atoms with Crippen LogP contribution < -0.4 is 0 Å². The first-order chi connectivity index (χ1) is 7.75. The minimum Gasteiger partial charge on any atom is -0.332 e. The quantitative estimate of drug-likeness (QED) is 0.760. The van der Waals surface area contributed by atoms with Crippen LogP contribution in [0.1, 0.15) is 36.0 Å². The number of hydrogen-bond donors (Lipinski definition) is 1. The van der Waals surface area contributed by atoms with Crippen LogP contribution in [0.15, 0.2) is 12.4 Å². The number of halogens is 1. The van der Waals surface area contributed by atoms with Crippen molar-refractivity contribution in [2.45, 2.75) is 43.1 Å². The summed E-state index contributed by atoms with van der Waals surface area (Å²) in [4.78, 5) is 14.3. The molecular formula is C11H14ClN3O. The summed E-state index contributed by atoms with van der Waals surface area (Å²) in [7, 11) is 0. The van der Waals surface area contributed by atoms with Gasteiger partial charge in [0.05, 0.1) is 11.8 Å². The predicted octanol–water partition coefficient (Wildman–Crippen LogP) is 1.78. The molecule has 0 spiro atoms. The first-order valence-corrected chi connectivity index (χ1v) is 6.15. The first kappa shape index (κ1) is 10.1. The second kappa shape index (κ2) is 3.77. The maximum Gasteiger partial charge on any atom is 0.257 e. The third-order valence-corrected chi connectivity index (χ3v) is 4.01. The van der Waals surface area contributed by atoms with Crippen LogP contribution in [-0.2, 0) is 0 Å². The van der Waals surface area contributed by atoms with Gasteiger partial charge in [-0.3, -0.25) is 9.89 Å². The zero-order chi connectivity index (χ0) is 11.1. The van der Waals surface area contributed by atoms with Gasteiger partial charge in [-0.05, 0) is 25.7 Å². The fourth-order valence-electron chi connectivity index (χ4n) is 2.96. The zero-order valence-corrected chi connectivity index (χ0v) is 9.65. The molecule has 16 heavy (non-hydrogen) atoms. The number of alkyl halides is 1. The number of nitrogens with zero attached hydrogens (tertiary/aromatic N) is 2. The minimum atomic E-state index is 0.102. The smallest absolute Gasteiger partial charge is 0.257 e. The molecule has 1 aromatic heterocycles. The summed E-state index contributed by atoms with van der Waals surface area (Å²) in [5.74, 6) is 0.102. The van der Waals surface area contributed by atoms with Crippen molar-refractivity contribution in [2.75, 3.05) is 0 Å². The molecule has 3 rings (SSSR count). The van der Waals surface area contributed by atoms with Crippen molar-refractivity contribution in [1.29, 1.82) is 0 Å². The number of hydrogen-bond acceptors (Lipinski definition) is 2. The van der Waals surface area contributed by atoms with E-state index in [0.29, 0.717) is 17.6 Å². The molecule has 0 saturated carbocycles. The van der Waals surface area contributed by atoms with E-state index in [1.54, 1.807) is 12.4 Å². The van der Waals surface area contributed by atoms with Gasteiger partial charge in [0.2, 0.25) is 0 Å². The van der Waals surface area contributed by atoms with Crippen LogP contribution in [0, 0.1) is 0 Å². The van der Waals surface area contributed by atoms with Gasteiger partial charge in [-0.25, -0.2) is 0 Å². The molecule has 0 radical (unpaired) electrons. The van der Waals surface area contributed by atoms with Gasteiger partial charge in [-0.15, -0.1) is 11.6 Å². The van der Waals surface area contributed by atoms with Gasteiger partial charge in [0.25, 0.3) is 5.91 Å². The molecule has 2 atom stereocenters. The van der Waals surface area contributed by atoms with Crippen molar-refractivity contribution in [3.63, 3.8) is 0 Å². The molecule has 4 nitrogen and oxygen atoms in total. The summed E-state index contributed by atoms with van der Waals surface area (Å²) in [5, 5.41) is 6.75. The summed E-state index contributed by atoms with van der Waals surface area (Å²) in [6.07, 6.45) is 7.31. The van der Waals surface area contributed by atoms with Crippen molar-refractivity contribution in [3.05, 3.63) is 18.0 Å². The highest BCUT2D eigenvalue weighted by molar-refractivity contribution is 6.20. The molecule has 2 fully saturated rings. The SMILES string of the molecule is O=C(c1cn[nH]c1)N1C2CCC1CC(Cl)C2. The molecule has 2 unspecified atom stereocenters. The number of nitrogens with one attached hydrogen (secondary N) is 1. The van der Waals surface area contributed by atoms with Crippen LogP contribution in [-0.4, -0.2) is 38.5 Å². The van der Waals surface area contributed by atoms with Crippen molar-refractivity contribution in [3.8, 4) is 0 Å². The molecule has 2 aliphatic heterocycles. The minimum absolute atomic E-state index is 0.102. The van der Waals surface area contributed by atoms with Crippen molar-refractivity contribution in [1.82, 2.24) is 15.1 Å². The lowest BCUT2D eigenvalue weighted by Gasteiger charge is -2.36. The molecule has 2 bridgehead atoms. The zero-order valence-electron chi connectivity index (χ0n) is 8.90. The van der Waals surface area contributed by atoms with Gasteiger partial charge in [0.15, 0.2) is 0 Å². The van der Waals surface area contributed by atoms with E-state index in [9.17, 15) is 4.79 Å². The lowest BCUT2D eigenvalue weighted by molar-refractivity contribution is 0.0599. The number of fused-ring (bicyclic) bond motifs is 2. The lowest BCUT2D eigenvalue weighted by atomic mass is 10.0. The lowest BCUT2D eigenvalue weighted by Crippen LogP contribution is -2.46. The Bertz CT molecular complexity index is 378. The third-order valence-electron chi connectivity index (χ3n) is 3.66. The third kappa shape index (κ3) is 1.52. The Balaban J connectivity index is 1.84. The Morgan fingerprint density at radius 1 is 1.44 bits per heavy atom. The van der Waals surface area contributed by atoms with Gasteiger partial charge < -0.3 is 4.90 Å². The van der Waals surface area contributed by atoms with Gasteiger partial charge >= 0.3 is 0 Å². The standard InChI is InChI=1S/C11H14ClN3O/c12-8-3-9-1-2-10(4-8)15(9)11(16)7-5-13-14-6-7/h5-6,8-10H,1-4H2,(H,13,14). The highest BCUT2D eigenvalue weighted by atomic mass is 35.5. The molecule has 86 valence electrons. The van der Waals surface area contributed by atoms with Crippen LogP contribution in [0.2, 0.25) is 0 Å². The predicted molar refractivity (Wildman–Crippen MR) is 60.4 cm³/mol. The molecule has 1 amide bonds. The Kier molecular flexibility index (Phi) is 2.39. The van der Waals surface area contributed by atoms with Gasteiger partial charge in [-0.1, -0.05) is 0 Å². The Morgan fingerprint density at radius 3 is 2.69 bits per heavy atom. The van der Waals surface area contributed by atoms with Crippen molar-refractivity contribution in [2.24, 2.45) is 0 Å². The maximum atomic E-state index is 12.3. The summed E-state index contributed by atoms with van der Waals surface area (Å²) in [5.41, 5.74) is 0.657. The van der Waals surface area contributed by atoms with E-state index in [1.807, 2.05) is 4.90 Å². The van der Waals surface area contributed by atoms with Gasteiger partial charge in [-0.2, -0.15) is 5.10 Å². The Hall–Kier alpha value is -1.03. The summed E-state index contributed by atoms with van der Waals surface area (Å²) in [6.45, 7) is 0. The van der Waals surface area contributed by atoms with E-state index in [1.165, 1.54) is 0 Å². The summed E-state index contributed by atoms with van der Waals surface area (Å²) < 4.78 is 0. The molecular weight excluding hydrogens is 226 g/mol. The summed E-state index contributed by atoms with van der Waals surface area (Å²) in [6, 6.07) is 0.673. The normalized spacial score (nSPS) is 33.1. The molecule has 3 heterocycles. The Labute approximate surface area is 99.0 Å². The number of piperidine rings is 1. The fourth-order valence-corrected chi connectivity index (χ4v) is 3.37. The second-order valence-corrected chi connectivity index (χ2v) is 5.27.